The van der Waals surface area contributed by atoms with Crippen LogP contribution in [0.3, 0.4) is 0 Å². The lowest BCUT2D eigenvalue weighted by atomic mass is 10.2. The van der Waals surface area contributed by atoms with Gasteiger partial charge in [-0.05, 0) is 19.4 Å². The van der Waals surface area contributed by atoms with E-state index in [2.05, 4.69) is 16.9 Å². The van der Waals surface area contributed by atoms with Crippen molar-refractivity contribution in [2.75, 3.05) is 6.61 Å². The predicted octanol–water partition coefficient (Wildman–Crippen LogP) is 2.11. The number of hydrogen-bond donors (Lipinski definition) is 1. The standard InChI is InChI=1S/C12H14N2O3S/c1-3-5-7-6-8-10(15)13-9(12(16)17-4-2)14-11(8)18-7/h6H,3-5H2,1-2H3,(H,13,14,15). The first-order chi connectivity index (χ1) is 8.65. The van der Waals surface area contributed by atoms with Gasteiger partial charge < -0.3 is 9.72 Å². The third-order valence-electron chi connectivity index (χ3n) is 2.42. The molecule has 2 rings (SSSR count). The molecule has 0 spiro atoms. The Labute approximate surface area is 108 Å². The van der Waals surface area contributed by atoms with E-state index in [0.717, 1.165) is 17.7 Å². The molecule has 0 amide bonds. The van der Waals surface area contributed by atoms with Crippen molar-refractivity contribution < 1.29 is 9.53 Å². The predicted molar refractivity (Wildman–Crippen MR) is 70.2 cm³/mol. The van der Waals surface area contributed by atoms with E-state index in [9.17, 15) is 9.59 Å². The van der Waals surface area contributed by atoms with Crippen LogP contribution in [0.1, 0.15) is 35.8 Å². The van der Waals surface area contributed by atoms with E-state index in [0.29, 0.717) is 10.2 Å². The first-order valence-electron chi connectivity index (χ1n) is 5.85. The van der Waals surface area contributed by atoms with Crippen molar-refractivity contribution in [3.63, 3.8) is 0 Å². The summed E-state index contributed by atoms with van der Waals surface area (Å²) in [6, 6.07) is 1.84. The number of carbonyl (C=O) groups is 1. The number of ether oxygens (including phenoxy) is 1. The van der Waals surface area contributed by atoms with Crippen LogP contribution in [0.15, 0.2) is 10.9 Å². The van der Waals surface area contributed by atoms with E-state index in [1.165, 1.54) is 11.3 Å². The Morgan fingerprint density at radius 2 is 2.28 bits per heavy atom. The van der Waals surface area contributed by atoms with Crippen LogP contribution in [-0.2, 0) is 11.2 Å². The van der Waals surface area contributed by atoms with E-state index in [1.54, 1.807) is 6.92 Å². The molecule has 0 radical (unpaired) electrons. The second-order valence-electron chi connectivity index (χ2n) is 3.82. The fourth-order valence-corrected chi connectivity index (χ4v) is 2.78. The molecule has 0 saturated heterocycles. The molecule has 6 heteroatoms. The normalized spacial score (nSPS) is 10.8. The second kappa shape index (κ2) is 5.30. The van der Waals surface area contributed by atoms with Gasteiger partial charge in [-0.3, -0.25) is 4.79 Å². The molecule has 0 bridgehead atoms. The molecule has 2 heterocycles. The molecule has 0 aliphatic heterocycles. The van der Waals surface area contributed by atoms with Crippen LogP contribution in [0.4, 0.5) is 0 Å². The summed E-state index contributed by atoms with van der Waals surface area (Å²) in [5.41, 5.74) is -0.290. The largest absolute Gasteiger partial charge is 0.460 e. The maximum Gasteiger partial charge on any atom is 0.374 e. The quantitative estimate of drug-likeness (QED) is 0.860. The Kier molecular flexibility index (Phi) is 3.76. The average molecular weight is 266 g/mol. The fraction of sp³-hybridized carbons (Fsp3) is 0.417. The molecule has 18 heavy (non-hydrogen) atoms. The minimum atomic E-state index is -0.595. The summed E-state index contributed by atoms with van der Waals surface area (Å²) in [7, 11) is 0. The molecule has 0 unspecified atom stereocenters. The summed E-state index contributed by atoms with van der Waals surface area (Å²) < 4.78 is 4.82. The van der Waals surface area contributed by atoms with Gasteiger partial charge in [-0.1, -0.05) is 13.3 Å². The van der Waals surface area contributed by atoms with Crippen molar-refractivity contribution in [2.24, 2.45) is 0 Å². The molecule has 1 N–H and O–H groups in total. The Balaban J connectivity index is 2.48. The molecular formula is C12H14N2O3S. The van der Waals surface area contributed by atoms with Gasteiger partial charge in [0.2, 0.25) is 5.82 Å². The third-order valence-corrected chi connectivity index (χ3v) is 3.51. The SMILES string of the molecule is CCCc1cc2c(=O)[nH]c(C(=O)OCC)nc2s1. The van der Waals surface area contributed by atoms with Crippen molar-refractivity contribution in [2.45, 2.75) is 26.7 Å². The topological polar surface area (TPSA) is 72.0 Å². The molecule has 0 aliphatic carbocycles. The van der Waals surface area contributed by atoms with Gasteiger partial charge in [-0.15, -0.1) is 11.3 Å². The van der Waals surface area contributed by atoms with Gasteiger partial charge in [0.25, 0.3) is 5.56 Å². The lowest BCUT2D eigenvalue weighted by Crippen LogP contribution is -2.16. The number of fused-ring (bicyclic) bond motifs is 1. The monoisotopic (exact) mass is 266 g/mol. The molecule has 0 aromatic carbocycles. The highest BCUT2D eigenvalue weighted by molar-refractivity contribution is 7.18. The summed E-state index contributed by atoms with van der Waals surface area (Å²) >= 11 is 1.45. The van der Waals surface area contributed by atoms with Crippen molar-refractivity contribution in [1.82, 2.24) is 9.97 Å². The Morgan fingerprint density at radius 3 is 2.94 bits per heavy atom. The number of aromatic nitrogens is 2. The summed E-state index contributed by atoms with van der Waals surface area (Å²) in [6.07, 6.45) is 1.92. The number of rotatable bonds is 4. The summed E-state index contributed by atoms with van der Waals surface area (Å²) in [4.78, 5) is 31.6. The molecular weight excluding hydrogens is 252 g/mol. The van der Waals surface area contributed by atoms with Crippen LogP contribution in [-0.4, -0.2) is 22.5 Å². The molecule has 5 nitrogen and oxygen atoms in total. The van der Waals surface area contributed by atoms with Crippen LogP contribution in [0.2, 0.25) is 0 Å². The number of nitrogens with zero attached hydrogens (tertiary/aromatic N) is 1. The van der Waals surface area contributed by atoms with Crippen molar-refractivity contribution in [3.8, 4) is 0 Å². The number of nitrogens with one attached hydrogen (secondary N) is 1. The Hall–Kier alpha value is -1.69. The smallest absolute Gasteiger partial charge is 0.374 e. The summed E-state index contributed by atoms with van der Waals surface area (Å²) in [5, 5.41) is 0.538. The molecule has 2 aromatic heterocycles. The van der Waals surface area contributed by atoms with Crippen LogP contribution in [0.5, 0.6) is 0 Å². The minimum absolute atomic E-state index is 0.0285. The van der Waals surface area contributed by atoms with Gasteiger partial charge in [0.05, 0.1) is 12.0 Å². The lowest BCUT2D eigenvalue weighted by Gasteiger charge is -1.99. The van der Waals surface area contributed by atoms with Crippen LogP contribution < -0.4 is 5.56 Å². The highest BCUT2D eigenvalue weighted by atomic mass is 32.1. The zero-order valence-electron chi connectivity index (χ0n) is 10.3. The number of esters is 1. The van der Waals surface area contributed by atoms with Crippen LogP contribution in [0.25, 0.3) is 10.2 Å². The second-order valence-corrected chi connectivity index (χ2v) is 4.93. The number of aryl methyl sites for hydroxylation is 1. The molecule has 0 atom stereocenters. The van der Waals surface area contributed by atoms with Crippen molar-refractivity contribution in [3.05, 3.63) is 27.1 Å². The van der Waals surface area contributed by atoms with Gasteiger partial charge in [0, 0.05) is 4.88 Å². The summed E-state index contributed by atoms with van der Waals surface area (Å²) in [6.45, 7) is 4.04. The lowest BCUT2D eigenvalue weighted by molar-refractivity contribution is 0.0512. The zero-order valence-corrected chi connectivity index (χ0v) is 11.1. The van der Waals surface area contributed by atoms with Gasteiger partial charge in [-0.25, -0.2) is 9.78 Å². The highest BCUT2D eigenvalue weighted by Gasteiger charge is 2.14. The number of carbonyl (C=O) groups excluding carboxylic acids is 1. The van der Waals surface area contributed by atoms with Gasteiger partial charge in [0.15, 0.2) is 0 Å². The van der Waals surface area contributed by atoms with E-state index < -0.39 is 5.97 Å². The first-order valence-corrected chi connectivity index (χ1v) is 6.67. The van der Waals surface area contributed by atoms with Crippen LogP contribution in [0, 0.1) is 0 Å². The van der Waals surface area contributed by atoms with E-state index in [1.807, 2.05) is 6.07 Å². The molecule has 0 aliphatic rings. The van der Waals surface area contributed by atoms with Gasteiger partial charge >= 0.3 is 5.97 Å². The van der Waals surface area contributed by atoms with Crippen molar-refractivity contribution in [1.29, 1.82) is 0 Å². The van der Waals surface area contributed by atoms with Crippen LogP contribution >= 0.6 is 11.3 Å². The molecule has 96 valence electrons. The third kappa shape index (κ3) is 2.43. The van der Waals surface area contributed by atoms with Gasteiger partial charge in [0.1, 0.15) is 4.83 Å². The number of H-pyrrole nitrogens is 1. The highest BCUT2D eigenvalue weighted by Crippen LogP contribution is 2.22. The molecule has 2 aromatic rings. The maximum absolute atomic E-state index is 11.8. The number of thiophene rings is 1. The van der Waals surface area contributed by atoms with E-state index in [-0.39, 0.29) is 18.0 Å². The number of aromatic amines is 1. The van der Waals surface area contributed by atoms with Crippen molar-refractivity contribution >= 4 is 27.5 Å². The van der Waals surface area contributed by atoms with Gasteiger partial charge in [-0.2, -0.15) is 0 Å². The number of hydrogen-bond acceptors (Lipinski definition) is 5. The maximum atomic E-state index is 11.8. The van der Waals surface area contributed by atoms with E-state index >= 15 is 0 Å². The molecule has 0 saturated carbocycles. The fourth-order valence-electron chi connectivity index (χ4n) is 1.65. The minimum Gasteiger partial charge on any atom is -0.460 e. The first kappa shape index (κ1) is 12.8. The zero-order chi connectivity index (χ0) is 13.1. The Morgan fingerprint density at radius 1 is 1.50 bits per heavy atom. The van der Waals surface area contributed by atoms with E-state index in [4.69, 9.17) is 4.74 Å². The molecule has 0 fully saturated rings. The Bertz CT molecular complexity index is 630. The average Bonchev–Trinajstić information content (AvgIpc) is 2.73. The summed E-state index contributed by atoms with van der Waals surface area (Å²) in [5.74, 6) is -0.624.